The summed E-state index contributed by atoms with van der Waals surface area (Å²) in [6, 6.07) is 11.2. The topological polar surface area (TPSA) is 24.9 Å². The van der Waals surface area contributed by atoms with Crippen molar-refractivity contribution in [1.82, 2.24) is 10.3 Å². The molecule has 0 radical (unpaired) electrons. The van der Waals surface area contributed by atoms with Crippen LogP contribution in [0.3, 0.4) is 0 Å². The summed E-state index contributed by atoms with van der Waals surface area (Å²) in [5, 5.41) is 3.57. The zero-order valence-electron chi connectivity index (χ0n) is 12.2. The van der Waals surface area contributed by atoms with Gasteiger partial charge in [-0.15, -0.1) is 0 Å². The zero-order valence-corrected chi connectivity index (χ0v) is 12.2. The summed E-state index contributed by atoms with van der Waals surface area (Å²) in [5.41, 5.74) is 6.33. The summed E-state index contributed by atoms with van der Waals surface area (Å²) in [5.74, 6) is 0. The lowest BCUT2D eigenvalue weighted by Crippen LogP contribution is -2.23. The maximum absolute atomic E-state index is 4.28. The molecule has 1 atom stereocenters. The minimum absolute atomic E-state index is 0.243. The van der Waals surface area contributed by atoms with Crippen LogP contribution < -0.4 is 5.32 Å². The molecular weight excluding hydrogens is 232 g/mol. The highest BCUT2D eigenvalue weighted by molar-refractivity contribution is 5.38. The van der Waals surface area contributed by atoms with E-state index in [1.807, 2.05) is 13.1 Å². The lowest BCUT2D eigenvalue weighted by Gasteiger charge is -2.21. The van der Waals surface area contributed by atoms with E-state index in [0.29, 0.717) is 0 Å². The Hall–Kier alpha value is -1.67. The molecular formula is C17H22N2. The largest absolute Gasteiger partial charge is 0.307 e. The second-order valence-electron chi connectivity index (χ2n) is 5.08. The van der Waals surface area contributed by atoms with Gasteiger partial charge in [-0.1, -0.05) is 30.7 Å². The quantitative estimate of drug-likeness (QED) is 0.899. The molecule has 0 aliphatic heterocycles. The molecule has 0 amide bonds. The fourth-order valence-corrected chi connectivity index (χ4v) is 2.51. The van der Waals surface area contributed by atoms with Crippen LogP contribution in [0.25, 0.3) is 0 Å². The second kappa shape index (κ2) is 5.98. The van der Waals surface area contributed by atoms with Gasteiger partial charge in [-0.25, -0.2) is 0 Å². The van der Waals surface area contributed by atoms with E-state index in [1.54, 1.807) is 0 Å². The number of hydrogen-bond acceptors (Lipinski definition) is 2. The van der Waals surface area contributed by atoms with Gasteiger partial charge in [0.15, 0.2) is 0 Å². The average Bonchev–Trinajstić information content (AvgIpc) is 2.37. The highest BCUT2D eigenvalue weighted by atomic mass is 14.9. The van der Waals surface area contributed by atoms with Crippen LogP contribution in [0.15, 0.2) is 36.5 Å². The Morgan fingerprint density at radius 3 is 2.53 bits per heavy atom. The third kappa shape index (κ3) is 3.21. The predicted molar refractivity (Wildman–Crippen MR) is 80.4 cm³/mol. The van der Waals surface area contributed by atoms with Gasteiger partial charge in [0.05, 0.1) is 6.04 Å². The lowest BCUT2D eigenvalue weighted by atomic mass is 9.94. The second-order valence-corrected chi connectivity index (χ2v) is 5.08. The number of benzene rings is 1. The van der Waals surface area contributed by atoms with Gasteiger partial charge in [0.25, 0.3) is 0 Å². The molecule has 0 fully saturated rings. The van der Waals surface area contributed by atoms with E-state index < -0.39 is 0 Å². The van der Waals surface area contributed by atoms with Crippen LogP contribution in [0.4, 0.5) is 0 Å². The van der Waals surface area contributed by atoms with E-state index in [2.05, 4.69) is 61.4 Å². The average molecular weight is 254 g/mol. The molecule has 1 heterocycles. The molecule has 1 unspecified atom stereocenters. The summed E-state index contributed by atoms with van der Waals surface area (Å²) < 4.78 is 0. The Morgan fingerprint density at radius 1 is 1.11 bits per heavy atom. The summed E-state index contributed by atoms with van der Waals surface area (Å²) in [7, 11) is 0. The SMILES string of the molecule is CCNC(c1ccnc(C)c1)c1ccc(C)cc1C. The fraction of sp³-hybridized carbons (Fsp3) is 0.353. The van der Waals surface area contributed by atoms with Gasteiger partial charge >= 0.3 is 0 Å². The molecule has 0 aliphatic carbocycles. The fourth-order valence-electron chi connectivity index (χ4n) is 2.51. The summed E-state index contributed by atoms with van der Waals surface area (Å²) in [6.45, 7) is 9.44. The third-order valence-corrected chi connectivity index (χ3v) is 3.40. The Labute approximate surface area is 115 Å². The Balaban J connectivity index is 2.45. The van der Waals surface area contributed by atoms with Gasteiger partial charge in [0.2, 0.25) is 0 Å². The first-order valence-electron chi connectivity index (χ1n) is 6.85. The molecule has 100 valence electrons. The van der Waals surface area contributed by atoms with Crippen LogP contribution >= 0.6 is 0 Å². The van der Waals surface area contributed by atoms with Crippen molar-refractivity contribution in [3.63, 3.8) is 0 Å². The van der Waals surface area contributed by atoms with Crippen LogP contribution in [0, 0.1) is 20.8 Å². The van der Waals surface area contributed by atoms with Crippen molar-refractivity contribution in [3.8, 4) is 0 Å². The standard InChI is InChI=1S/C17H22N2/c1-5-18-17(15-8-9-19-14(4)11-15)16-7-6-12(2)10-13(16)3/h6-11,17-18H,5H2,1-4H3. The molecule has 0 aliphatic rings. The van der Waals surface area contributed by atoms with Crippen LogP contribution in [0.1, 0.15) is 40.9 Å². The van der Waals surface area contributed by atoms with Gasteiger partial charge in [-0.3, -0.25) is 4.98 Å². The molecule has 2 heteroatoms. The molecule has 1 N–H and O–H groups in total. The van der Waals surface area contributed by atoms with Crippen molar-refractivity contribution in [2.45, 2.75) is 33.7 Å². The number of nitrogens with zero attached hydrogens (tertiary/aromatic N) is 1. The van der Waals surface area contributed by atoms with E-state index in [1.165, 1.54) is 22.3 Å². The monoisotopic (exact) mass is 254 g/mol. The van der Waals surface area contributed by atoms with E-state index in [0.717, 1.165) is 12.2 Å². The molecule has 2 rings (SSSR count). The van der Waals surface area contributed by atoms with Gasteiger partial charge in [-0.2, -0.15) is 0 Å². The van der Waals surface area contributed by atoms with Crippen molar-refractivity contribution in [2.75, 3.05) is 6.54 Å². The minimum Gasteiger partial charge on any atom is -0.307 e. The van der Waals surface area contributed by atoms with E-state index in [-0.39, 0.29) is 6.04 Å². The Morgan fingerprint density at radius 2 is 1.89 bits per heavy atom. The number of rotatable bonds is 4. The molecule has 0 saturated heterocycles. The number of aromatic nitrogens is 1. The highest BCUT2D eigenvalue weighted by Crippen LogP contribution is 2.25. The van der Waals surface area contributed by atoms with E-state index in [9.17, 15) is 0 Å². The highest BCUT2D eigenvalue weighted by Gasteiger charge is 2.15. The number of pyridine rings is 1. The van der Waals surface area contributed by atoms with E-state index in [4.69, 9.17) is 0 Å². The van der Waals surface area contributed by atoms with Crippen molar-refractivity contribution in [3.05, 3.63) is 64.5 Å². The van der Waals surface area contributed by atoms with Crippen LogP contribution in [0.5, 0.6) is 0 Å². The summed E-state index contributed by atoms with van der Waals surface area (Å²) in [6.07, 6.45) is 1.89. The number of hydrogen-bond donors (Lipinski definition) is 1. The van der Waals surface area contributed by atoms with Gasteiger partial charge < -0.3 is 5.32 Å². The predicted octanol–water partition coefficient (Wildman–Crippen LogP) is 3.71. The number of aryl methyl sites for hydroxylation is 3. The molecule has 19 heavy (non-hydrogen) atoms. The molecule has 2 aromatic rings. The van der Waals surface area contributed by atoms with Crippen molar-refractivity contribution in [2.24, 2.45) is 0 Å². The molecule has 0 bridgehead atoms. The smallest absolute Gasteiger partial charge is 0.0580 e. The molecule has 1 aromatic carbocycles. The number of nitrogens with one attached hydrogen (secondary N) is 1. The molecule has 0 saturated carbocycles. The van der Waals surface area contributed by atoms with E-state index >= 15 is 0 Å². The zero-order chi connectivity index (χ0) is 13.8. The first kappa shape index (κ1) is 13.8. The van der Waals surface area contributed by atoms with Crippen LogP contribution in [-0.4, -0.2) is 11.5 Å². The summed E-state index contributed by atoms with van der Waals surface area (Å²) >= 11 is 0. The minimum atomic E-state index is 0.243. The maximum atomic E-state index is 4.28. The van der Waals surface area contributed by atoms with Crippen molar-refractivity contribution in [1.29, 1.82) is 0 Å². The van der Waals surface area contributed by atoms with Crippen molar-refractivity contribution < 1.29 is 0 Å². The molecule has 2 nitrogen and oxygen atoms in total. The molecule has 0 spiro atoms. The first-order valence-corrected chi connectivity index (χ1v) is 6.85. The van der Waals surface area contributed by atoms with Gasteiger partial charge in [-0.05, 0) is 56.1 Å². The van der Waals surface area contributed by atoms with Crippen molar-refractivity contribution >= 4 is 0 Å². The molecule has 1 aromatic heterocycles. The Kier molecular flexibility index (Phi) is 4.33. The van der Waals surface area contributed by atoms with Gasteiger partial charge in [0, 0.05) is 11.9 Å². The first-order chi connectivity index (χ1) is 9.11. The Bertz CT molecular complexity index is 561. The third-order valence-electron chi connectivity index (χ3n) is 3.40. The normalized spacial score (nSPS) is 12.4. The van der Waals surface area contributed by atoms with Crippen LogP contribution in [0.2, 0.25) is 0 Å². The summed E-state index contributed by atoms with van der Waals surface area (Å²) in [4.78, 5) is 4.28. The lowest BCUT2D eigenvalue weighted by molar-refractivity contribution is 0.626. The van der Waals surface area contributed by atoms with Crippen LogP contribution in [-0.2, 0) is 0 Å². The van der Waals surface area contributed by atoms with Gasteiger partial charge in [0.1, 0.15) is 0 Å². The maximum Gasteiger partial charge on any atom is 0.0580 e.